The molecule has 0 aromatic heterocycles. The fourth-order valence-corrected chi connectivity index (χ4v) is 3.94. The molecule has 25 heavy (non-hydrogen) atoms. The molecule has 5 heteroatoms. The third-order valence-electron chi connectivity index (χ3n) is 5.38. The highest BCUT2D eigenvalue weighted by Crippen LogP contribution is 2.42. The van der Waals surface area contributed by atoms with Gasteiger partial charge in [-0.05, 0) is 37.0 Å². The van der Waals surface area contributed by atoms with Crippen molar-refractivity contribution in [3.63, 3.8) is 0 Å². The molecule has 0 spiro atoms. The van der Waals surface area contributed by atoms with Crippen LogP contribution in [0.2, 0.25) is 0 Å². The summed E-state index contributed by atoms with van der Waals surface area (Å²) in [5, 5.41) is 3.24. The number of esters is 1. The van der Waals surface area contributed by atoms with Crippen LogP contribution in [-0.2, 0) is 14.3 Å². The first-order valence-corrected chi connectivity index (χ1v) is 9.13. The van der Waals surface area contributed by atoms with E-state index in [2.05, 4.69) is 5.32 Å². The third-order valence-corrected chi connectivity index (χ3v) is 5.38. The van der Waals surface area contributed by atoms with Crippen molar-refractivity contribution in [2.24, 2.45) is 11.8 Å². The molecule has 0 radical (unpaired) electrons. The molecule has 1 heterocycles. The van der Waals surface area contributed by atoms with Gasteiger partial charge in [0.1, 0.15) is 0 Å². The lowest BCUT2D eigenvalue weighted by Gasteiger charge is -2.39. The molecule has 4 atom stereocenters. The van der Waals surface area contributed by atoms with Crippen molar-refractivity contribution in [2.75, 3.05) is 7.11 Å². The summed E-state index contributed by atoms with van der Waals surface area (Å²) in [6.07, 6.45) is 4.24. The van der Waals surface area contributed by atoms with E-state index in [1.165, 1.54) is 7.11 Å². The Bertz CT molecular complexity index is 625. The molecule has 1 aliphatic heterocycles. The number of benzene rings is 1. The smallest absolute Gasteiger partial charge is 0.337 e. The van der Waals surface area contributed by atoms with Crippen molar-refractivity contribution < 1.29 is 19.1 Å². The van der Waals surface area contributed by atoms with Gasteiger partial charge >= 0.3 is 5.97 Å². The molecule has 1 saturated heterocycles. The highest BCUT2D eigenvalue weighted by Gasteiger charge is 2.42. The van der Waals surface area contributed by atoms with E-state index in [1.807, 2.05) is 26.0 Å². The second kappa shape index (κ2) is 7.56. The molecule has 3 rings (SSSR count). The number of carbonyl (C=O) groups is 2. The van der Waals surface area contributed by atoms with E-state index in [0.29, 0.717) is 11.5 Å². The van der Waals surface area contributed by atoms with Crippen molar-refractivity contribution in [3.8, 4) is 0 Å². The zero-order valence-electron chi connectivity index (χ0n) is 15.2. The fraction of sp³-hybridized carbons (Fsp3) is 0.600. The van der Waals surface area contributed by atoms with E-state index in [9.17, 15) is 9.59 Å². The summed E-state index contributed by atoms with van der Waals surface area (Å²) in [6, 6.07) is 7.54. The van der Waals surface area contributed by atoms with Crippen molar-refractivity contribution >= 4 is 11.9 Å². The van der Waals surface area contributed by atoms with E-state index < -0.39 is 0 Å². The first-order valence-electron chi connectivity index (χ1n) is 9.13. The summed E-state index contributed by atoms with van der Waals surface area (Å²) in [7, 11) is 1.38. The Morgan fingerprint density at radius 1 is 1.20 bits per heavy atom. The molecular weight excluding hydrogens is 318 g/mol. The zero-order valence-corrected chi connectivity index (χ0v) is 15.2. The van der Waals surface area contributed by atoms with Crippen LogP contribution >= 0.6 is 0 Å². The van der Waals surface area contributed by atoms with Gasteiger partial charge in [-0.3, -0.25) is 4.79 Å². The molecule has 1 amide bonds. The SMILES string of the molecule is COC(=O)c1ccc([C@H]2C[C@@H](NC(=O)C(C)C)[C@@H]3CCC[C@H]3O2)cc1. The van der Waals surface area contributed by atoms with E-state index in [1.54, 1.807) is 12.1 Å². The van der Waals surface area contributed by atoms with E-state index >= 15 is 0 Å². The first-order chi connectivity index (χ1) is 12.0. The van der Waals surface area contributed by atoms with Crippen molar-refractivity contribution in [1.82, 2.24) is 5.32 Å². The molecule has 0 bridgehead atoms. The van der Waals surface area contributed by atoms with Crippen LogP contribution < -0.4 is 5.32 Å². The minimum Gasteiger partial charge on any atom is -0.465 e. The summed E-state index contributed by atoms with van der Waals surface area (Å²) in [5.74, 6) is 0.167. The minimum absolute atomic E-state index is 0.0134. The Labute approximate surface area is 149 Å². The average Bonchev–Trinajstić information content (AvgIpc) is 3.10. The number of hydrogen-bond donors (Lipinski definition) is 1. The van der Waals surface area contributed by atoms with Gasteiger partial charge in [0, 0.05) is 17.9 Å². The molecular formula is C20H27NO4. The number of nitrogens with one attached hydrogen (secondary N) is 1. The van der Waals surface area contributed by atoms with Crippen molar-refractivity contribution in [1.29, 1.82) is 0 Å². The molecule has 1 saturated carbocycles. The second-order valence-electron chi connectivity index (χ2n) is 7.38. The number of amides is 1. The quantitative estimate of drug-likeness (QED) is 0.851. The van der Waals surface area contributed by atoms with Crippen LogP contribution in [0.4, 0.5) is 0 Å². The highest BCUT2D eigenvalue weighted by molar-refractivity contribution is 5.89. The lowest BCUT2D eigenvalue weighted by molar-refractivity contribution is -0.129. The molecule has 2 aliphatic rings. The molecule has 1 N–H and O–H groups in total. The number of fused-ring (bicyclic) bond motifs is 1. The highest BCUT2D eigenvalue weighted by atomic mass is 16.5. The van der Waals surface area contributed by atoms with Crippen LogP contribution in [0.25, 0.3) is 0 Å². The van der Waals surface area contributed by atoms with Gasteiger partial charge in [0.05, 0.1) is 24.9 Å². The molecule has 1 aromatic carbocycles. The first kappa shape index (κ1) is 17.9. The average molecular weight is 345 g/mol. The van der Waals surface area contributed by atoms with Gasteiger partial charge in [-0.2, -0.15) is 0 Å². The normalized spacial score (nSPS) is 28.5. The van der Waals surface area contributed by atoms with Crippen LogP contribution in [0.3, 0.4) is 0 Å². The van der Waals surface area contributed by atoms with Gasteiger partial charge in [0.25, 0.3) is 0 Å². The summed E-state index contributed by atoms with van der Waals surface area (Å²) in [6.45, 7) is 3.84. The van der Waals surface area contributed by atoms with Crippen LogP contribution in [0, 0.1) is 11.8 Å². The summed E-state index contributed by atoms with van der Waals surface area (Å²) < 4.78 is 11.1. The molecule has 0 unspecified atom stereocenters. The van der Waals surface area contributed by atoms with E-state index in [-0.39, 0.29) is 36.0 Å². The lowest BCUT2D eigenvalue weighted by Crippen LogP contribution is -2.49. The Morgan fingerprint density at radius 2 is 1.92 bits per heavy atom. The standard InChI is InChI=1S/C20H27NO4/c1-12(2)19(22)21-16-11-18(25-17-6-4-5-15(16)17)13-7-9-14(10-8-13)20(23)24-3/h7-10,12,15-18H,4-6,11H2,1-3H3,(H,21,22)/t15-,16+,17+,18+/m0/s1. The number of ether oxygens (including phenoxy) is 2. The Morgan fingerprint density at radius 3 is 2.56 bits per heavy atom. The predicted molar refractivity (Wildman–Crippen MR) is 94.1 cm³/mol. The van der Waals surface area contributed by atoms with Gasteiger partial charge in [-0.15, -0.1) is 0 Å². The van der Waals surface area contributed by atoms with Gasteiger partial charge < -0.3 is 14.8 Å². The van der Waals surface area contributed by atoms with Crippen molar-refractivity contribution in [2.45, 2.75) is 57.8 Å². The number of methoxy groups -OCH3 is 1. The second-order valence-corrected chi connectivity index (χ2v) is 7.38. The molecule has 2 fully saturated rings. The fourth-order valence-electron chi connectivity index (χ4n) is 3.94. The van der Waals surface area contributed by atoms with Gasteiger partial charge in [-0.25, -0.2) is 4.79 Å². The monoisotopic (exact) mass is 345 g/mol. The van der Waals surface area contributed by atoms with Gasteiger partial charge in [0.15, 0.2) is 0 Å². The molecule has 136 valence electrons. The maximum absolute atomic E-state index is 12.2. The van der Waals surface area contributed by atoms with Crippen LogP contribution in [0.1, 0.15) is 61.6 Å². The van der Waals surface area contributed by atoms with Crippen LogP contribution in [-0.4, -0.2) is 31.1 Å². The summed E-state index contributed by atoms with van der Waals surface area (Å²) in [4.78, 5) is 23.8. The van der Waals surface area contributed by atoms with E-state index in [0.717, 1.165) is 31.2 Å². The van der Waals surface area contributed by atoms with Gasteiger partial charge in [0.2, 0.25) is 5.91 Å². The Hall–Kier alpha value is -1.88. The Balaban J connectivity index is 1.75. The number of rotatable bonds is 4. The largest absolute Gasteiger partial charge is 0.465 e. The molecule has 5 nitrogen and oxygen atoms in total. The predicted octanol–water partition coefficient (Wildman–Crippen LogP) is 3.24. The number of hydrogen-bond acceptors (Lipinski definition) is 4. The zero-order chi connectivity index (χ0) is 18.0. The summed E-state index contributed by atoms with van der Waals surface area (Å²) >= 11 is 0. The van der Waals surface area contributed by atoms with Crippen molar-refractivity contribution in [3.05, 3.63) is 35.4 Å². The maximum Gasteiger partial charge on any atom is 0.337 e. The van der Waals surface area contributed by atoms with Crippen LogP contribution in [0.15, 0.2) is 24.3 Å². The van der Waals surface area contributed by atoms with Crippen LogP contribution in [0.5, 0.6) is 0 Å². The Kier molecular flexibility index (Phi) is 5.42. The lowest BCUT2D eigenvalue weighted by atomic mass is 9.86. The topological polar surface area (TPSA) is 64.6 Å². The maximum atomic E-state index is 12.2. The third kappa shape index (κ3) is 3.87. The molecule has 1 aromatic rings. The molecule has 1 aliphatic carbocycles. The van der Waals surface area contributed by atoms with Gasteiger partial charge in [-0.1, -0.05) is 32.4 Å². The van der Waals surface area contributed by atoms with E-state index in [4.69, 9.17) is 9.47 Å². The number of carbonyl (C=O) groups excluding carboxylic acids is 2. The minimum atomic E-state index is -0.339. The summed E-state index contributed by atoms with van der Waals surface area (Å²) in [5.41, 5.74) is 1.58.